The van der Waals surface area contributed by atoms with Gasteiger partial charge in [-0.25, -0.2) is 4.68 Å². The molecule has 2 aromatic rings. The van der Waals surface area contributed by atoms with Gasteiger partial charge in [0, 0.05) is 29.4 Å². The molecule has 0 aromatic carbocycles. The summed E-state index contributed by atoms with van der Waals surface area (Å²) in [7, 11) is 0. The number of aromatic nitrogens is 3. The fourth-order valence-electron chi connectivity index (χ4n) is 2.04. The van der Waals surface area contributed by atoms with E-state index in [0.29, 0.717) is 11.4 Å². The standard InChI is InChI=1S/C17H24N4O/c1-16(2,3)13-11-14(21(20-13)17(4,5)6)19-15(22)12-7-9-18-10-8-12/h7-11H,1-6H3,(H,19,22). The van der Waals surface area contributed by atoms with Gasteiger partial charge in [-0.1, -0.05) is 20.8 Å². The van der Waals surface area contributed by atoms with Crippen molar-refractivity contribution in [1.29, 1.82) is 0 Å². The highest BCUT2D eigenvalue weighted by molar-refractivity contribution is 6.03. The average molecular weight is 300 g/mol. The lowest BCUT2D eigenvalue weighted by Crippen LogP contribution is -2.27. The van der Waals surface area contributed by atoms with Crippen molar-refractivity contribution in [3.63, 3.8) is 0 Å². The molecule has 1 N–H and O–H groups in total. The molecule has 0 fully saturated rings. The summed E-state index contributed by atoms with van der Waals surface area (Å²) in [4.78, 5) is 16.3. The summed E-state index contributed by atoms with van der Waals surface area (Å²) in [6, 6.07) is 5.33. The molecule has 0 spiro atoms. The Balaban J connectivity index is 2.38. The molecule has 0 radical (unpaired) electrons. The third kappa shape index (κ3) is 3.53. The van der Waals surface area contributed by atoms with E-state index < -0.39 is 0 Å². The van der Waals surface area contributed by atoms with Crippen LogP contribution in [0.3, 0.4) is 0 Å². The van der Waals surface area contributed by atoms with Crippen molar-refractivity contribution in [3.8, 4) is 0 Å². The third-order valence-electron chi connectivity index (χ3n) is 3.30. The van der Waals surface area contributed by atoms with Gasteiger partial charge in [-0.15, -0.1) is 0 Å². The Labute approximate surface area is 131 Å². The molecule has 0 bridgehead atoms. The molecule has 5 heteroatoms. The summed E-state index contributed by atoms with van der Waals surface area (Å²) < 4.78 is 1.87. The highest BCUT2D eigenvalue weighted by atomic mass is 16.1. The molecule has 0 aliphatic rings. The zero-order valence-electron chi connectivity index (χ0n) is 14.1. The van der Waals surface area contributed by atoms with Gasteiger partial charge in [0.05, 0.1) is 11.2 Å². The Morgan fingerprint density at radius 2 is 1.68 bits per heavy atom. The Morgan fingerprint density at radius 1 is 1.09 bits per heavy atom. The molecular formula is C17H24N4O. The maximum atomic E-state index is 12.4. The van der Waals surface area contributed by atoms with Crippen LogP contribution in [0, 0.1) is 0 Å². The van der Waals surface area contributed by atoms with Crippen LogP contribution in [0.2, 0.25) is 0 Å². The Kier molecular flexibility index (Phi) is 4.09. The summed E-state index contributed by atoms with van der Waals surface area (Å²) in [5.41, 5.74) is 1.23. The molecule has 2 rings (SSSR count). The number of hydrogen-bond acceptors (Lipinski definition) is 3. The van der Waals surface area contributed by atoms with Crippen molar-refractivity contribution in [3.05, 3.63) is 41.9 Å². The Hall–Kier alpha value is -2.17. The minimum absolute atomic E-state index is 0.0767. The SMILES string of the molecule is CC(C)(C)c1cc(NC(=O)c2ccncc2)n(C(C)(C)C)n1. The topological polar surface area (TPSA) is 59.8 Å². The summed E-state index contributed by atoms with van der Waals surface area (Å²) in [6.45, 7) is 12.5. The largest absolute Gasteiger partial charge is 0.307 e. The maximum absolute atomic E-state index is 12.4. The first-order valence-electron chi connectivity index (χ1n) is 7.41. The number of rotatable bonds is 2. The molecule has 22 heavy (non-hydrogen) atoms. The predicted octanol–water partition coefficient (Wildman–Crippen LogP) is 3.58. The second kappa shape index (κ2) is 5.55. The molecule has 0 unspecified atom stereocenters. The Morgan fingerprint density at radius 3 is 2.18 bits per heavy atom. The lowest BCUT2D eigenvalue weighted by Gasteiger charge is -2.23. The second-order valence-corrected chi connectivity index (χ2v) is 7.44. The van der Waals surface area contributed by atoms with E-state index in [2.05, 4.69) is 56.9 Å². The van der Waals surface area contributed by atoms with E-state index in [9.17, 15) is 4.79 Å². The Bertz CT molecular complexity index is 660. The fraction of sp³-hybridized carbons (Fsp3) is 0.471. The van der Waals surface area contributed by atoms with E-state index in [0.717, 1.165) is 5.69 Å². The van der Waals surface area contributed by atoms with Gasteiger partial charge in [-0.2, -0.15) is 5.10 Å². The first kappa shape index (κ1) is 16.2. The van der Waals surface area contributed by atoms with Crippen LogP contribution in [0.1, 0.15) is 57.6 Å². The van der Waals surface area contributed by atoms with Crippen LogP contribution in [0.4, 0.5) is 5.82 Å². The summed E-state index contributed by atoms with van der Waals surface area (Å²) in [5.74, 6) is 0.549. The number of pyridine rings is 1. The summed E-state index contributed by atoms with van der Waals surface area (Å²) in [5, 5.41) is 7.65. The third-order valence-corrected chi connectivity index (χ3v) is 3.30. The predicted molar refractivity (Wildman–Crippen MR) is 88.1 cm³/mol. The number of amides is 1. The highest BCUT2D eigenvalue weighted by Gasteiger charge is 2.25. The van der Waals surface area contributed by atoms with Crippen LogP contribution in [0.15, 0.2) is 30.6 Å². The van der Waals surface area contributed by atoms with E-state index in [1.165, 1.54) is 0 Å². The van der Waals surface area contributed by atoms with Gasteiger partial charge in [0.2, 0.25) is 0 Å². The molecule has 1 amide bonds. The van der Waals surface area contributed by atoms with E-state index in [1.807, 2.05) is 10.7 Å². The molecule has 5 nitrogen and oxygen atoms in total. The minimum atomic E-state index is -0.218. The quantitative estimate of drug-likeness (QED) is 0.922. The van der Waals surface area contributed by atoms with Crippen LogP contribution in [0.5, 0.6) is 0 Å². The molecule has 0 atom stereocenters. The van der Waals surface area contributed by atoms with Crippen LogP contribution < -0.4 is 5.32 Å². The smallest absolute Gasteiger partial charge is 0.256 e. The highest BCUT2D eigenvalue weighted by Crippen LogP contribution is 2.28. The average Bonchev–Trinajstić information content (AvgIpc) is 2.83. The van der Waals surface area contributed by atoms with Gasteiger partial charge in [-0.05, 0) is 32.9 Å². The second-order valence-electron chi connectivity index (χ2n) is 7.44. The zero-order chi connectivity index (χ0) is 16.5. The molecule has 2 aromatic heterocycles. The van der Waals surface area contributed by atoms with E-state index in [-0.39, 0.29) is 16.9 Å². The molecule has 0 saturated carbocycles. The van der Waals surface area contributed by atoms with Gasteiger partial charge in [0.25, 0.3) is 5.91 Å². The van der Waals surface area contributed by atoms with Crippen molar-refractivity contribution < 1.29 is 4.79 Å². The summed E-state index contributed by atoms with van der Waals surface area (Å²) in [6.07, 6.45) is 3.22. The van der Waals surface area contributed by atoms with Crippen molar-refractivity contribution >= 4 is 11.7 Å². The lowest BCUT2D eigenvalue weighted by atomic mass is 9.92. The molecule has 0 aliphatic heterocycles. The number of carbonyl (C=O) groups excluding carboxylic acids is 1. The molecule has 2 heterocycles. The summed E-state index contributed by atoms with van der Waals surface area (Å²) >= 11 is 0. The van der Waals surface area contributed by atoms with Crippen LogP contribution in [0.25, 0.3) is 0 Å². The van der Waals surface area contributed by atoms with Gasteiger partial charge in [0.15, 0.2) is 0 Å². The number of nitrogens with one attached hydrogen (secondary N) is 1. The lowest BCUT2D eigenvalue weighted by molar-refractivity contribution is 0.102. The molecular weight excluding hydrogens is 276 g/mol. The molecule has 0 saturated heterocycles. The first-order valence-corrected chi connectivity index (χ1v) is 7.41. The number of anilines is 1. The fourth-order valence-corrected chi connectivity index (χ4v) is 2.04. The monoisotopic (exact) mass is 300 g/mol. The molecule has 0 aliphatic carbocycles. The number of hydrogen-bond donors (Lipinski definition) is 1. The van der Waals surface area contributed by atoms with Crippen molar-refractivity contribution in [2.75, 3.05) is 5.32 Å². The van der Waals surface area contributed by atoms with Crippen molar-refractivity contribution in [2.24, 2.45) is 0 Å². The number of carbonyl (C=O) groups is 1. The van der Waals surface area contributed by atoms with Crippen LogP contribution in [-0.4, -0.2) is 20.7 Å². The van der Waals surface area contributed by atoms with E-state index >= 15 is 0 Å². The van der Waals surface area contributed by atoms with Crippen molar-refractivity contribution in [1.82, 2.24) is 14.8 Å². The number of nitrogens with zero attached hydrogens (tertiary/aromatic N) is 3. The molecule has 118 valence electrons. The van der Waals surface area contributed by atoms with Crippen LogP contribution >= 0.6 is 0 Å². The minimum Gasteiger partial charge on any atom is -0.307 e. The van der Waals surface area contributed by atoms with E-state index in [1.54, 1.807) is 24.5 Å². The first-order chi connectivity index (χ1) is 10.1. The van der Waals surface area contributed by atoms with Gasteiger partial charge in [-0.3, -0.25) is 9.78 Å². The van der Waals surface area contributed by atoms with Crippen LogP contribution in [-0.2, 0) is 11.0 Å². The van der Waals surface area contributed by atoms with E-state index in [4.69, 9.17) is 0 Å². The van der Waals surface area contributed by atoms with Gasteiger partial charge >= 0.3 is 0 Å². The van der Waals surface area contributed by atoms with Gasteiger partial charge < -0.3 is 5.32 Å². The van der Waals surface area contributed by atoms with Crippen molar-refractivity contribution in [2.45, 2.75) is 52.5 Å². The maximum Gasteiger partial charge on any atom is 0.256 e. The zero-order valence-corrected chi connectivity index (χ0v) is 14.1. The van der Waals surface area contributed by atoms with Gasteiger partial charge in [0.1, 0.15) is 5.82 Å². The normalized spacial score (nSPS) is 12.3.